The molecule has 0 fully saturated rings. The highest BCUT2D eigenvalue weighted by molar-refractivity contribution is 5.92. The third-order valence-electron chi connectivity index (χ3n) is 2.85. The summed E-state index contributed by atoms with van der Waals surface area (Å²) in [7, 11) is 0. The van der Waals surface area contributed by atoms with Crippen molar-refractivity contribution in [2.45, 2.75) is 13.8 Å². The standard InChI is InChI=1S/C13H18N4O4.H2O/c1-3-16(4-2)12(18)9-14-13(19)15-10-5-7-11(8-6-10)17(20)21;/h5-8H,3-4,9H2,1-2H3,(H2,14,15,19);1H2. The molecule has 0 aliphatic rings. The molecule has 0 radical (unpaired) electrons. The summed E-state index contributed by atoms with van der Waals surface area (Å²) >= 11 is 0. The molecule has 0 unspecified atom stereocenters. The van der Waals surface area contributed by atoms with E-state index in [4.69, 9.17) is 0 Å². The number of hydrogen-bond acceptors (Lipinski definition) is 4. The Kier molecular flexibility index (Phi) is 8.16. The zero-order valence-electron chi connectivity index (χ0n) is 12.5. The van der Waals surface area contributed by atoms with Crippen molar-refractivity contribution in [2.24, 2.45) is 0 Å². The van der Waals surface area contributed by atoms with E-state index in [0.717, 1.165) is 0 Å². The SMILES string of the molecule is CCN(CC)C(=O)CNC(=O)Nc1ccc([N+](=O)[O-])cc1.O. The minimum atomic E-state index is -0.538. The maximum atomic E-state index is 11.7. The second kappa shape index (κ2) is 9.29. The Labute approximate surface area is 127 Å². The lowest BCUT2D eigenvalue weighted by molar-refractivity contribution is -0.384. The number of amides is 3. The van der Waals surface area contributed by atoms with Crippen LogP contribution in [0.15, 0.2) is 24.3 Å². The Hall–Kier alpha value is -2.68. The lowest BCUT2D eigenvalue weighted by Gasteiger charge is -2.18. The van der Waals surface area contributed by atoms with Crippen molar-refractivity contribution in [3.05, 3.63) is 34.4 Å². The van der Waals surface area contributed by atoms with E-state index in [9.17, 15) is 19.7 Å². The number of rotatable bonds is 6. The normalized spacial score (nSPS) is 9.36. The van der Waals surface area contributed by atoms with Crippen molar-refractivity contribution >= 4 is 23.3 Å². The first-order valence-electron chi connectivity index (χ1n) is 6.55. The first-order valence-corrected chi connectivity index (χ1v) is 6.55. The van der Waals surface area contributed by atoms with Crippen molar-refractivity contribution in [1.82, 2.24) is 10.2 Å². The molecule has 0 heterocycles. The van der Waals surface area contributed by atoms with Gasteiger partial charge in [-0.1, -0.05) is 0 Å². The number of nitrogens with zero attached hydrogens (tertiary/aromatic N) is 2. The molecule has 22 heavy (non-hydrogen) atoms. The number of benzene rings is 1. The quantitative estimate of drug-likeness (QED) is 0.591. The van der Waals surface area contributed by atoms with Gasteiger partial charge in [-0.2, -0.15) is 0 Å². The van der Waals surface area contributed by atoms with E-state index < -0.39 is 11.0 Å². The topological polar surface area (TPSA) is 136 Å². The second-order valence-electron chi connectivity index (χ2n) is 4.18. The third kappa shape index (κ3) is 5.75. The average Bonchev–Trinajstić information content (AvgIpc) is 2.47. The van der Waals surface area contributed by atoms with Crippen LogP contribution in [0, 0.1) is 10.1 Å². The summed E-state index contributed by atoms with van der Waals surface area (Å²) in [5, 5.41) is 15.4. The molecule has 0 aromatic heterocycles. The molecule has 1 aromatic rings. The van der Waals surface area contributed by atoms with Gasteiger partial charge in [0.05, 0.1) is 11.5 Å². The van der Waals surface area contributed by atoms with E-state index >= 15 is 0 Å². The number of carbonyl (C=O) groups excluding carboxylic acids is 2. The molecular weight excluding hydrogens is 292 g/mol. The third-order valence-corrected chi connectivity index (χ3v) is 2.85. The lowest BCUT2D eigenvalue weighted by atomic mass is 10.3. The van der Waals surface area contributed by atoms with Gasteiger partial charge in [0, 0.05) is 30.9 Å². The van der Waals surface area contributed by atoms with E-state index in [2.05, 4.69) is 10.6 Å². The summed E-state index contributed by atoms with van der Waals surface area (Å²) in [4.78, 5) is 34.9. The van der Waals surface area contributed by atoms with Gasteiger partial charge in [0.15, 0.2) is 0 Å². The molecule has 0 saturated carbocycles. The zero-order chi connectivity index (χ0) is 15.8. The predicted molar refractivity (Wildman–Crippen MR) is 81.7 cm³/mol. The smallest absolute Gasteiger partial charge is 0.319 e. The molecule has 0 saturated heterocycles. The number of nitro groups is 1. The van der Waals surface area contributed by atoms with Crippen molar-refractivity contribution in [3.63, 3.8) is 0 Å². The monoisotopic (exact) mass is 312 g/mol. The summed E-state index contributed by atoms with van der Waals surface area (Å²) < 4.78 is 0. The zero-order valence-corrected chi connectivity index (χ0v) is 12.5. The molecule has 9 nitrogen and oxygen atoms in total. The predicted octanol–water partition coefficient (Wildman–Crippen LogP) is 0.760. The van der Waals surface area contributed by atoms with Gasteiger partial charge in [0.2, 0.25) is 5.91 Å². The Morgan fingerprint density at radius 3 is 2.18 bits per heavy atom. The van der Waals surface area contributed by atoms with Gasteiger partial charge in [-0.3, -0.25) is 14.9 Å². The molecule has 9 heteroatoms. The summed E-state index contributed by atoms with van der Waals surface area (Å²) in [6.45, 7) is 4.79. The molecule has 0 aliphatic carbocycles. The van der Waals surface area contributed by atoms with E-state index in [1.807, 2.05) is 13.8 Å². The van der Waals surface area contributed by atoms with Gasteiger partial charge < -0.3 is 21.0 Å². The number of anilines is 1. The van der Waals surface area contributed by atoms with Crippen LogP contribution in [0.3, 0.4) is 0 Å². The molecule has 1 aromatic carbocycles. The Morgan fingerprint density at radius 2 is 1.73 bits per heavy atom. The molecule has 0 aliphatic heterocycles. The molecule has 122 valence electrons. The summed E-state index contributed by atoms with van der Waals surface area (Å²) in [5.74, 6) is -0.168. The highest BCUT2D eigenvalue weighted by atomic mass is 16.6. The molecule has 0 bridgehead atoms. The number of nitro benzene ring substituents is 1. The van der Waals surface area contributed by atoms with Crippen LogP contribution in [0.2, 0.25) is 0 Å². The van der Waals surface area contributed by atoms with Crippen LogP contribution in [-0.2, 0) is 4.79 Å². The van der Waals surface area contributed by atoms with E-state index in [1.54, 1.807) is 4.90 Å². The van der Waals surface area contributed by atoms with E-state index in [-0.39, 0.29) is 23.6 Å². The Morgan fingerprint density at radius 1 is 1.18 bits per heavy atom. The Bertz CT molecular complexity index is 514. The van der Waals surface area contributed by atoms with Crippen LogP contribution in [0.25, 0.3) is 0 Å². The van der Waals surface area contributed by atoms with Crippen LogP contribution in [0.4, 0.5) is 16.2 Å². The van der Waals surface area contributed by atoms with Gasteiger partial charge in [0.25, 0.3) is 5.69 Å². The van der Waals surface area contributed by atoms with Crippen LogP contribution in [0.5, 0.6) is 0 Å². The summed E-state index contributed by atoms with van der Waals surface area (Å²) in [5.41, 5.74) is 0.353. The van der Waals surface area contributed by atoms with Gasteiger partial charge in [-0.05, 0) is 26.0 Å². The number of non-ortho nitro benzene ring substituents is 1. The number of carbonyl (C=O) groups is 2. The second-order valence-corrected chi connectivity index (χ2v) is 4.18. The van der Waals surface area contributed by atoms with Crippen LogP contribution in [-0.4, -0.2) is 46.9 Å². The average molecular weight is 312 g/mol. The Balaban J connectivity index is 0.00000441. The van der Waals surface area contributed by atoms with E-state index in [1.165, 1.54) is 24.3 Å². The summed E-state index contributed by atoms with van der Waals surface area (Å²) in [6.07, 6.45) is 0. The van der Waals surface area contributed by atoms with Crippen molar-refractivity contribution in [2.75, 3.05) is 25.0 Å². The fraction of sp³-hybridized carbons (Fsp3) is 0.385. The fourth-order valence-corrected chi connectivity index (χ4v) is 1.69. The van der Waals surface area contributed by atoms with Gasteiger partial charge in [0.1, 0.15) is 0 Å². The van der Waals surface area contributed by atoms with Gasteiger partial charge in [-0.25, -0.2) is 4.79 Å². The van der Waals surface area contributed by atoms with Crippen molar-refractivity contribution in [3.8, 4) is 0 Å². The number of hydrogen-bond donors (Lipinski definition) is 2. The molecule has 0 spiro atoms. The fourth-order valence-electron chi connectivity index (χ4n) is 1.69. The number of likely N-dealkylation sites (N-methyl/N-ethyl adjacent to an activating group) is 1. The maximum absolute atomic E-state index is 11.7. The van der Waals surface area contributed by atoms with Gasteiger partial charge >= 0.3 is 6.03 Å². The van der Waals surface area contributed by atoms with Gasteiger partial charge in [-0.15, -0.1) is 0 Å². The minimum absolute atomic E-state index is 0. The molecular formula is C13H20N4O5. The number of nitrogens with one attached hydrogen (secondary N) is 2. The minimum Gasteiger partial charge on any atom is -0.412 e. The molecule has 4 N–H and O–H groups in total. The largest absolute Gasteiger partial charge is 0.412 e. The summed E-state index contributed by atoms with van der Waals surface area (Å²) in [6, 6.07) is 4.88. The van der Waals surface area contributed by atoms with Crippen LogP contribution >= 0.6 is 0 Å². The molecule has 3 amide bonds. The number of urea groups is 1. The first kappa shape index (κ1) is 19.3. The van der Waals surface area contributed by atoms with Crippen molar-refractivity contribution < 1.29 is 20.0 Å². The first-order chi connectivity index (χ1) is 9.97. The highest BCUT2D eigenvalue weighted by Gasteiger charge is 2.11. The lowest BCUT2D eigenvalue weighted by Crippen LogP contribution is -2.41. The van der Waals surface area contributed by atoms with Crippen molar-refractivity contribution in [1.29, 1.82) is 0 Å². The van der Waals surface area contributed by atoms with Crippen LogP contribution < -0.4 is 10.6 Å². The molecule has 0 atom stereocenters. The van der Waals surface area contributed by atoms with Crippen LogP contribution in [0.1, 0.15) is 13.8 Å². The van der Waals surface area contributed by atoms with E-state index in [0.29, 0.717) is 18.8 Å². The maximum Gasteiger partial charge on any atom is 0.319 e. The molecule has 1 rings (SSSR count). The highest BCUT2D eigenvalue weighted by Crippen LogP contribution is 2.15.